The lowest BCUT2D eigenvalue weighted by Gasteiger charge is -2.15. The van der Waals surface area contributed by atoms with Crippen LogP contribution in [0.4, 0.5) is 0 Å². The van der Waals surface area contributed by atoms with Gasteiger partial charge in [0.05, 0.1) is 19.8 Å². The van der Waals surface area contributed by atoms with Crippen LogP contribution in [-0.2, 0) is 17.8 Å². The minimum Gasteiger partial charge on any atom is -0.497 e. The lowest BCUT2D eigenvalue weighted by Crippen LogP contribution is -2.23. The number of nitrogens with zero attached hydrogens (tertiary/aromatic N) is 1. The molecule has 118 valence electrons. The molecule has 5 nitrogen and oxygen atoms in total. The fourth-order valence-corrected chi connectivity index (χ4v) is 2.69. The van der Waals surface area contributed by atoms with Crippen molar-refractivity contribution in [2.24, 2.45) is 0 Å². The number of rotatable bonds is 4. The molecule has 0 radical (unpaired) electrons. The summed E-state index contributed by atoms with van der Waals surface area (Å²) < 4.78 is 9.83. The van der Waals surface area contributed by atoms with E-state index in [-0.39, 0.29) is 5.91 Å². The molecule has 0 N–H and O–H groups in total. The molecular formula is C18H17NO4. The number of hydrogen-bond donors (Lipinski definition) is 0. The maximum Gasteiger partial charge on any atom is 0.337 e. The van der Waals surface area contributed by atoms with Crippen LogP contribution in [0, 0.1) is 0 Å². The van der Waals surface area contributed by atoms with Crippen LogP contribution in [0.2, 0.25) is 0 Å². The second-order valence-electron chi connectivity index (χ2n) is 5.37. The summed E-state index contributed by atoms with van der Waals surface area (Å²) in [6.45, 7) is 1.06. The number of fused-ring (bicyclic) bond motifs is 1. The van der Waals surface area contributed by atoms with Crippen LogP contribution >= 0.6 is 0 Å². The van der Waals surface area contributed by atoms with E-state index in [9.17, 15) is 9.59 Å². The topological polar surface area (TPSA) is 55.8 Å². The van der Waals surface area contributed by atoms with E-state index in [0.717, 1.165) is 16.9 Å². The Hall–Kier alpha value is -2.82. The summed E-state index contributed by atoms with van der Waals surface area (Å²) in [5.41, 5.74) is 2.92. The number of methoxy groups -OCH3 is 2. The zero-order chi connectivity index (χ0) is 16.4. The standard InChI is InChI=1S/C18H17NO4/c1-22-15-7-3-12(4-8-15)10-19-11-14-6-5-13(18(21)23-2)9-16(14)17(19)20/h3-9H,10-11H2,1-2H3. The molecular weight excluding hydrogens is 294 g/mol. The van der Waals surface area contributed by atoms with Gasteiger partial charge in [-0.1, -0.05) is 18.2 Å². The molecule has 0 saturated carbocycles. The molecule has 0 aliphatic carbocycles. The highest BCUT2D eigenvalue weighted by Gasteiger charge is 2.28. The van der Waals surface area contributed by atoms with Gasteiger partial charge in [-0.3, -0.25) is 4.79 Å². The first-order valence-corrected chi connectivity index (χ1v) is 7.26. The van der Waals surface area contributed by atoms with Crippen molar-refractivity contribution in [2.45, 2.75) is 13.1 Å². The molecule has 3 rings (SSSR count). The maximum atomic E-state index is 12.5. The third kappa shape index (κ3) is 2.90. The number of carbonyl (C=O) groups excluding carboxylic acids is 2. The van der Waals surface area contributed by atoms with E-state index < -0.39 is 5.97 Å². The van der Waals surface area contributed by atoms with Crippen LogP contribution in [0.3, 0.4) is 0 Å². The minimum atomic E-state index is -0.436. The van der Waals surface area contributed by atoms with Crippen molar-refractivity contribution in [3.8, 4) is 5.75 Å². The van der Waals surface area contributed by atoms with E-state index in [1.807, 2.05) is 30.3 Å². The van der Waals surface area contributed by atoms with Gasteiger partial charge in [-0.25, -0.2) is 4.79 Å². The average molecular weight is 311 g/mol. The number of carbonyl (C=O) groups is 2. The molecule has 1 aliphatic heterocycles. The Morgan fingerprint density at radius 3 is 2.52 bits per heavy atom. The van der Waals surface area contributed by atoms with Gasteiger partial charge >= 0.3 is 5.97 Å². The first-order valence-electron chi connectivity index (χ1n) is 7.26. The third-order valence-electron chi connectivity index (χ3n) is 3.94. The van der Waals surface area contributed by atoms with Crippen molar-refractivity contribution in [1.29, 1.82) is 0 Å². The van der Waals surface area contributed by atoms with Crippen molar-refractivity contribution in [2.75, 3.05) is 14.2 Å². The van der Waals surface area contributed by atoms with Crippen LogP contribution < -0.4 is 4.74 Å². The highest BCUT2D eigenvalue weighted by molar-refractivity contribution is 6.01. The highest BCUT2D eigenvalue weighted by Crippen LogP contribution is 2.26. The maximum absolute atomic E-state index is 12.5. The van der Waals surface area contributed by atoms with Gasteiger partial charge in [0.25, 0.3) is 5.91 Å². The Morgan fingerprint density at radius 2 is 1.87 bits per heavy atom. The highest BCUT2D eigenvalue weighted by atomic mass is 16.5. The van der Waals surface area contributed by atoms with E-state index >= 15 is 0 Å². The summed E-state index contributed by atoms with van der Waals surface area (Å²) in [5.74, 6) is 0.281. The molecule has 1 amide bonds. The molecule has 0 unspecified atom stereocenters. The minimum absolute atomic E-state index is 0.0680. The largest absolute Gasteiger partial charge is 0.497 e. The lowest BCUT2D eigenvalue weighted by molar-refractivity contribution is 0.0600. The number of amides is 1. The fraction of sp³-hybridized carbons (Fsp3) is 0.222. The first kappa shape index (κ1) is 15.1. The van der Waals surface area contributed by atoms with E-state index in [0.29, 0.717) is 24.2 Å². The van der Waals surface area contributed by atoms with Gasteiger partial charge in [-0.15, -0.1) is 0 Å². The van der Waals surface area contributed by atoms with Crippen molar-refractivity contribution in [3.63, 3.8) is 0 Å². The Labute approximate surface area is 134 Å². The predicted molar refractivity (Wildman–Crippen MR) is 84.4 cm³/mol. The zero-order valence-electron chi connectivity index (χ0n) is 13.0. The van der Waals surface area contributed by atoms with Crippen molar-refractivity contribution in [1.82, 2.24) is 4.90 Å². The van der Waals surface area contributed by atoms with Gasteiger partial charge in [-0.05, 0) is 35.4 Å². The molecule has 2 aromatic rings. The number of benzene rings is 2. The van der Waals surface area contributed by atoms with Crippen molar-refractivity contribution in [3.05, 3.63) is 64.7 Å². The monoisotopic (exact) mass is 311 g/mol. The van der Waals surface area contributed by atoms with Crippen molar-refractivity contribution < 1.29 is 19.1 Å². The molecule has 0 fully saturated rings. The molecule has 23 heavy (non-hydrogen) atoms. The average Bonchev–Trinajstić information content (AvgIpc) is 2.90. The molecule has 0 aromatic heterocycles. The quantitative estimate of drug-likeness (QED) is 0.815. The van der Waals surface area contributed by atoms with E-state index in [2.05, 4.69) is 0 Å². The summed E-state index contributed by atoms with van der Waals surface area (Å²) >= 11 is 0. The van der Waals surface area contributed by atoms with Crippen LogP contribution in [-0.4, -0.2) is 31.0 Å². The Morgan fingerprint density at radius 1 is 1.13 bits per heavy atom. The zero-order valence-corrected chi connectivity index (χ0v) is 13.0. The van der Waals surface area contributed by atoms with E-state index in [1.165, 1.54) is 7.11 Å². The Bertz CT molecular complexity index is 752. The van der Waals surface area contributed by atoms with Crippen LogP contribution in [0.15, 0.2) is 42.5 Å². The van der Waals surface area contributed by atoms with Crippen LogP contribution in [0.5, 0.6) is 5.75 Å². The van der Waals surface area contributed by atoms with Crippen LogP contribution in [0.25, 0.3) is 0 Å². The fourth-order valence-electron chi connectivity index (χ4n) is 2.69. The second-order valence-corrected chi connectivity index (χ2v) is 5.37. The van der Waals surface area contributed by atoms with Crippen LogP contribution in [0.1, 0.15) is 31.8 Å². The second kappa shape index (κ2) is 6.12. The summed E-state index contributed by atoms with van der Waals surface area (Å²) in [5, 5.41) is 0. The molecule has 0 saturated heterocycles. The Balaban J connectivity index is 1.78. The summed E-state index contributed by atoms with van der Waals surface area (Å²) in [6.07, 6.45) is 0. The Kier molecular flexibility index (Phi) is 4.02. The SMILES string of the molecule is COC(=O)c1ccc2c(c1)C(=O)N(Cc1ccc(OC)cc1)C2. The van der Waals surface area contributed by atoms with Gasteiger partial charge in [-0.2, -0.15) is 0 Å². The van der Waals surface area contributed by atoms with Gasteiger partial charge in [0.2, 0.25) is 0 Å². The predicted octanol–water partition coefficient (Wildman–Crippen LogP) is 2.64. The van der Waals surface area contributed by atoms with Gasteiger partial charge in [0.15, 0.2) is 0 Å². The van der Waals surface area contributed by atoms with E-state index in [4.69, 9.17) is 9.47 Å². The van der Waals surface area contributed by atoms with Gasteiger partial charge < -0.3 is 14.4 Å². The molecule has 0 spiro atoms. The first-order chi connectivity index (χ1) is 11.1. The van der Waals surface area contributed by atoms with Crippen molar-refractivity contribution >= 4 is 11.9 Å². The lowest BCUT2D eigenvalue weighted by atomic mass is 10.1. The third-order valence-corrected chi connectivity index (χ3v) is 3.94. The summed E-state index contributed by atoms with van der Waals surface area (Å²) in [4.78, 5) is 25.9. The van der Waals surface area contributed by atoms with Gasteiger partial charge in [0.1, 0.15) is 5.75 Å². The number of ether oxygens (including phenoxy) is 2. The van der Waals surface area contributed by atoms with Gasteiger partial charge in [0, 0.05) is 18.7 Å². The summed E-state index contributed by atoms with van der Waals surface area (Å²) in [6, 6.07) is 12.7. The number of hydrogen-bond acceptors (Lipinski definition) is 4. The molecule has 1 heterocycles. The normalized spacial score (nSPS) is 13.0. The smallest absolute Gasteiger partial charge is 0.337 e. The molecule has 1 aliphatic rings. The molecule has 0 bridgehead atoms. The van der Waals surface area contributed by atoms with E-state index in [1.54, 1.807) is 24.1 Å². The molecule has 0 atom stereocenters. The summed E-state index contributed by atoms with van der Waals surface area (Å²) in [7, 11) is 2.95. The molecule has 5 heteroatoms. The number of esters is 1. The molecule has 2 aromatic carbocycles.